The van der Waals surface area contributed by atoms with E-state index in [1.807, 2.05) is 30.3 Å². The fourth-order valence-corrected chi connectivity index (χ4v) is 3.34. The van der Waals surface area contributed by atoms with Gasteiger partial charge in [0.25, 0.3) is 0 Å². The molecule has 4 heteroatoms. The van der Waals surface area contributed by atoms with Gasteiger partial charge in [0, 0.05) is 12.3 Å². The van der Waals surface area contributed by atoms with Gasteiger partial charge in [-0.1, -0.05) is 25.1 Å². The largest absolute Gasteiger partial charge is 0.463 e. The molecule has 1 unspecified atom stereocenters. The SMILES string of the molecule is C[C@H]1[C@H](OC(=O)c2ccccc2)CC[NH+](Cc2ccco2)[C@H]1C. The van der Waals surface area contributed by atoms with E-state index in [1.54, 1.807) is 18.4 Å². The lowest BCUT2D eigenvalue weighted by molar-refractivity contribution is -0.947. The maximum atomic E-state index is 12.3. The highest BCUT2D eigenvalue weighted by Gasteiger charge is 2.38. The van der Waals surface area contributed by atoms with Crippen LogP contribution in [0.15, 0.2) is 53.1 Å². The van der Waals surface area contributed by atoms with Gasteiger partial charge >= 0.3 is 5.97 Å². The van der Waals surface area contributed by atoms with Gasteiger partial charge in [-0.25, -0.2) is 4.79 Å². The van der Waals surface area contributed by atoms with E-state index in [-0.39, 0.29) is 12.1 Å². The highest BCUT2D eigenvalue weighted by molar-refractivity contribution is 5.89. The number of furan rings is 1. The molecule has 3 rings (SSSR count). The standard InChI is InChI=1S/C19H23NO3/c1-14-15(2)20(13-17-9-6-12-22-17)11-10-18(14)23-19(21)16-7-4-3-5-8-16/h3-9,12,14-15,18H,10-11,13H2,1-2H3/p+1/t14-,15+,18-/m1/s1. The van der Waals surface area contributed by atoms with Gasteiger partial charge in [0.15, 0.2) is 5.76 Å². The van der Waals surface area contributed by atoms with Crippen LogP contribution in [0.2, 0.25) is 0 Å². The molecule has 1 aliphatic heterocycles. The lowest BCUT2D eigenvalue weighted by Gasteiger charge is -2.39. The van der Waals surface area contributed by atoms with Crippen molar-refractivity contribution in [2.45, 2.75) is 39.0 Å². The van der Waals surface area contributed by atoms with Crippen LogP contribution in [0.25, 0.3) is 0 Å². The molecule has 122 valence electrons. The predicted octanol–water partition coefficient (Wildman–Crippen LogP) is 2.32. The average molecular weight is 314 g/mol. The molecule has 1 aromatic carbocycles. The quantitative estimate of drug-likeness (QED) is 0.881. The summed E-state index contributed by atoms with van der Waals surface area (Å²) in [5, 5.41) is 0. The van der Waals surface area contributed by atoms with Crippen molar-refractivity contribution in [2.24, 2.45) is 5.92 Å². The summed E-state index contributed by atoms with van der Waals surface area (Å²) in [7, 11) is 0. The number of rotatable bonds is 4. The second-order valence-corrected chi connectivity index (χ2v) is 6.41. The molecular formula is C19H24NO3+. The van der Waals surface area contributed by atoms with Gasteiger partial charge in [0.1, 0.15) is 12.6 Å². The number of hydrogen-bond donors (Lipinski definition) is 1. The molecule has 0 bridgehead atoms. The van der Waals surface area contributed by atoms with Crippen LogP contribution in [0.4, 0.5) is 0 Å². The first-order valence-corrected chi connectivity index (χ1v) is 8.28. The topological polar surface area (TPSA) is 43.9 Å². The number of benzene rings is 1. The van der Waals surface area contributed by atoms with Gasteiger partial charge in [-0.15, -0.1) is 0 Å². The van der Waals surface area contributed by atoms with E-state index in [9.17, 15) is 4.79 Å². The molecule has 1 aromatic heterocycles. The predicted molar refractivity (Wildman–Crippen MR) is 87.1 cm³/mol. The van der Waals surface area contributed by atoms with Crippen LogP contribution in [0, 0.1) is 5.92 Å². The van der Waals surface area contributed by atoms with Crippen LogP contribution in [0.5, 0.6) is 0 Å². The zero-order chi connectivity index (χ0) is 16.2. The van der Waals surface area contributed by atoms with Crippen molar-refractivity contribution in [2.75, 3.05) is 6.54 Å². The van der Waals surface area contributed by atoms with E-state index in [2.05, 4.69) is 13.8 Å². The summed E-state index contributed by atoms with van der Waals surface area (Å²) in [6.07, 6.45) is 2.59. The molecule has 0 saturated carbocycles. The Morgan fingerprint density at radius 2 is 2.00 bits per heavy atom. The third-order valence-corrected chi connectivity index (χ3v) is 5.02. The van der Waals surface area contributed by atoms with Gasteiger partial charge < -0.3 is 14.1 Å². The van der Waals surface area contributed by atoms with Crippen molar-refractivity contribution in [3.8, 4) is 0 Å². The van der Waals surface area contributed by atoms with Gasteiger partial charge in [-0.2, -0.15) is 0 Å². The Morgan fingerprint density at radius 1 is 1.22 bits per heavy atom. The number of likely N-dealkylation sites (tertiary alicyclic amines) is 1. The second-order valence-electron chi connectivity index (χ2n) is 6.41. The maximum Gasteiger partial charge on any atom is 0.338 e. The number of piperidine rings is 1. The molecule has 23 heavy (non-hydrogen) atoms. The van der Waals surface area contributed by atoms with Crippen molar-refractivity contribution in [1.29, 1.82) is 0 Å². The number of carbonyl (C=O) groups excluding carboxylic acids is 1. The molecule has 0 aliphatic carbocycles. The average Bonchev–Trinajstić information content (AvgIpc) is 3.08. The zero-order valence-corrected chi connectivity index (χ0v) is 13.7. The second kappa shape index (κ2) is 7.01. The Kier molecular flexibility index (Phi) is 4.82. The summed E-state index contributed by atoms with van der Waals surface area (Å²) in [4.78, 5) is 13.7. The van der Waals surface area contributed by atoms with Gasteiger partial charge in [0.05, 0.1) is 24.4 Å². The number of ether oxygens (including phenoxy) is 1. The van der Waals surface area contributed by atoms with Crippen LogP contribution >= 0.6 is 0 Å². The monoisotopic (exact) mass is 314 g/mol. The first-order valence-electron chi connectivity index (χ1n) is 8.28. The molecule has 1 saturated heterocycles. The summed E-state index contributed by atoms with van der Waals surface area (Å²) in [5.74, 6) is 1.12. The number of hydrogen-bond acceptors (Lipinski definition) is 3. The minimum Gasteiger partial charge on any atom is -0.463 e. The van der Waals surface area contributed by atoms with Gasteiger partial charge in [-0.3, -0.25) is 0 Å². The Labute approximate surface area is 137 Å². The van der Waals surface area contributed by atoms with Crippen LogP contribution in [-0.2, 0) is 11.3 Å². The van der Waals surface area contributed by atoms with Crippen molar-refractivity contribution >= 4 is 5.97 Å². The fraction of sp³-hybridized carbons (Fsp3) is 0.421. The third kappa shape index (κ3) is 3.64. The lowest BCUT2D eigenvalue weighted by Crippen LogP contribution is -3.16. The third-order valence-electron chi connectivity index (χ3n) is 5.02. The molecule has 0 radical (unpaired) electrons. The highest BCUT2D eigenvalue weighted by Crippen LogP contribution is 2.19. The normalized spacial score (nSPS) is 27.6. The van der Waals surface area contributed by atoms with Crippen molar-refractivity contribution < 1.29 is 18.8 Å². The lowest BCUT2D eigenvalue weighted by atomic mass is 9.89. The van der Waals surface area contributed by atoms with Crippen LogP contribution < -0.4 is 4.90 Å². The van der Waals surface area contributed by atoms with Crippen LogP contribution in [-0.4, -0.2) is 24.7 Å². The van der Waals surface area contributed by atoms with Crippen LogP contribution in [0.3, 0.4) is 0 Å². The minimum atomic E-state index is -0.218. The fourth-order valence-electron chi connectivity index (χ4n) is 3.34. The van der Waals surface area contributed by atoms with Gasteiger partial charge in [0.2, 0.25) is 0 Å². The molecule has 0 spiro atoms. The van der Waals surface area contributed by atoms with Crippen molar-refractivity contribution in [1.82, 2.24) is 0 Å². The number of nitrogens with one attached hydrogen (secondary N) is 1. The van der Waals surface area contributed by atoms with Crippen molar-refractivity contribution in [3.05, 3.63) is 60.1 Å². The van der Waals surface area contributed by atoms with E-state index in [0.717, 1.165) is 25.3 Å². The highest BCUT2D eigenvalue weighted by atomic mass is 16.5. The minimum absolute atomic E-state index is 0.0157. The molecule has 1 fully saturated rings. The zero-order valence-electron chi connectivity index (χ0n) is 13.7. The summed E-state index contributed by atoms with van der Waals surface area (Å²) in [6, 6.07) is 13.6. The van der Waals surface area contributed by atoms with Crippen molar-refractivity contribution in [3.63, 3.8) is 0 Å². The molecule has 4 nitrogen and oxygen atoms in total. The first kappa shape index (κ1) is 15.8. The number of quaternary nitrogens is 1. The summed E-state index contributed by atoms with van der Waals surface area (Å²) >= 11 is 0. The molecule has 0 amide bonds. The molecule has 1 N–H and O–H groups in total. The Morgan fingerprint density at radius 3 is 2.70 bits per heavy atom. The first-order chi connectivity index (χ1) is 11.1. The Hall–Kier alpha value is -2.07. The number of esters is 1. The Balaban J connectivity index is 1.60. The van der Waals surface area contributed by atoms with Gasteiger partial charge in [-0.05, 0) is 31.2 Å². The van der Waals surface area contributed by atoms with E-state index >= 15 is 0 Å². The molecule has 4 atom stereocenters. The summed E-state index contributed by atoms with van der Waals surface area (Å²) in [6.45, 7) is 6.27. The van der Waals surface area contributed by atoms with E-state index in [4.69, 9.17) is 9.15 Å². The summed E-state index contributed by atoms with van der Waals surface area (Å²) < 4.78 is 11.2. The molecular weight excluding hydrogens is 290 g/mol. The maximum absolute atomic E-state index is 12.3. The van der Waals surface area contributed by atoms with E-state index < -0.39 is 0 Å². The smallest absolute Gasteiger partial charge is 0.338 e. The molecule has 1 aliphatic rings. The summed E-state index contributed by atoms with van der Waals surface area (Å²) in [5.41, 5.74) is 0.623. The number of carbonyl (C=O) groups is 1. The van der Waals surface area contributed by atoms with Crippen LogP contribution in [0.1, 0.15) is 36.4 Å². The molecule has 2 heterocycles. The van der Waals surface area contributed by atoms with E-state index in [0.29, 0.717) is 17.5 Å². The Bertz CT molecular complexity index is 623. The van der Waals surface area contributed by atoms with E-state index in [1.165, 1.54) is 4.90 Å². The molecule has 2 aromatic rings.